The van der Waals surface area contributed by atoms with Crippen molar-refractivity contribution in [3.63, 3.8) is 0 Å². The first-order valence-electron chi connectivity index (χ1n) is 11.5. The topological polar surface area (TPSA) is 95.9 Å². The van der Waals surface area contributed by atoms with Crippen LogP contribution in [0.15, 0.2) is 66.0 Å². The quantitative estimate of drug-likeness (QED) is 0.436. The number of carbonyl (C=O) groups is 3. The predicted octanol–water partition coefficient (Wildman–Crippen LogP) is 5.04. The normalized spacial score (nSPS) is 13.9. The van der Waals surface area contributed by atoms with Crippen LogP contribution in [0.5, 0.6) is 0 Å². The van der Waals surface area contributed by atoms with Gasteiger partial charge in [-0.15, -0.1) is 11.3 Å². The highest BCUT2D eigenvalue weighted by Gasteiger charge is 2.31. The van der Waals surface area contributed by atoms with Gasteiger partial charge in [0.1, 0.15) is 12.6 Å². The maximum absolute atomic E-state index is 13.2. The molecule has 0 saturated carbocycles. The molecule has 0 aliphatic heterocycles. The lowest BCUT2D eigenvalue weighted by Crippen LogP contribution is -2.48. The zero-order valence-electron chi connectivity index (χ0n) is 19.6. The Morgan fingerprint density at radius 2 is 1.66 bits per heavy atom. The Morgan fingerprint density at radius 3 is 2.23 bits per heavy atom. The van der Waals surface area contributed by atoms with E-state index < -0.39 is 18.1 Å². The molecule has 7 nitrogen and oxygen atoms in total. The van der Waals surface area contributed by atoms with Gasteiger partial charge in [0.05, 0.1) is 6.04 Å². The fourth-order valence-corrected chi connectivity index (χ4v) is 5.29. The lowest BCUT2D eigenvalue weighted by molar-refractivity contribution is -0.138. The monoisotopic (exact) mass is 492 g/mol. The Bertz CT molecular complexity index is 1160. The number of carboxylic acids is 1. The van der Waals surface area contributed by atoms with Crippen molar-refractivity contribution in [2.24, 2.45) is 0 Å². The molecule has 0 bridgehead atoms. The summed E-state index contributed by atoms with van der Waals surface area (Å²) in [6, 6.07) is 18.7. The van der Waals surface area contributed by atoms with E-state index >= 15 is 0 Å². The fourth-order valence-electron chi connectivity index (χ4n) is 4.46. The van der Waals surface area contributed by atoms with Crippen LogP contribution in [0.1, 0.15) is 47.7 Å². The minimum atomic E-state index is -1.04. The van der Waals surface area contributed by atoms with Gasteiger partial charge in [0.15, 0.2) is 0 Å². The number of fused-ring (bicyclic) bond motifs is 3. The van der Waals surface area contributed by atoms with Gasteiger partial charge >= 0.3 is 12.1 Å². The van der Waals surface area contributed by atoms with Crippen molar-refractivity contribution >= 4 is 29.3 Å². The number of thiophene rings is 1. The molecule has 4 rings (SSSR count). The Balaban J connectivity index is 1.44. The maximum atomic E-state index is 13.2. The van der Waals surface area contributed by atoms with E-state index in [-0.39, 0.29) is 37.3 Å². The number of ether oxygens (including phenoxy) is 1. The molecule has 35 heavy (non-hydrogen) atoms. The van der Waals surface area contributed by atoms with Gasteiger partial charge in [-0.05, 0) is 47.0 Å². The van der Waals surface area contributed by atoms with Gasteiger partial charge in [0, 0.05) is 24.3 Å². The molecule has 3 aromatic rings. The standard InChI is InChI=1S/C27H28N2O5S/c1-17(24-12-7-15-35-24)29(2)26(32)23(13-14-25(30)31)28-27(33)34-16-22-20-10-5-3-8-18(20)19-9-4-6-11-21(19)22/h3-12,15,17,22-23H,13-14,16H2,1-2H3,(H,28,33)(H,30,31). The van der Waals surface area contributed by atoms with Crippen LogP contribution in [0.4, 0.5) is 4.79 Å². The van der Waals surface area contributed by atoms with Crippen molar-refractivity contribution in [2.75, 3.05) is 13.7 Å². The molecular formula is C27H28N2O5S. The first-order valence-corrected chi connectivity index (χ1v) is 12.4. The molecular weight excluding hydrogens is 464 g/mol. The van der Waals surface area contributed by atoms with Crippen molar-refractivity contribution in [3.8, 4) is 11.1 Å². The summed E-state index contributed by atoms with van der Waals surface area (Å²) in [5.74, 6) is -1.51. The van der Waals surface area contributed by atoms with Crippen molar-refractivity contribution < 1.29 is 24.2 Å². The van der Waals surface area contributed by atoms with Crippen LogP contribution in [-0.4, -0.2) is 47.7 Å². The molecule has 8 heteroatoms. The van der Waals surface area contributed by atoms with E-state index in [0.717, 1.165) is 27.1 Å². The maximum Gasteiger partial charge on any atom is 0.407 e. The van der Waals surface area contributed by atoms with Crippen LogP contribution in [0.3, 0.4) is 0 Å². The van der Waals surface area contributed by atoms with E-state index in [1.54, 1.807) is 7.05 Å². The highest BCUT2D eigenvalue weighted by Crippen LogP contribution is 2.44. The molecule has 1 aromatic heterocycles. The molecule has 0 spiro atoms. The highest BCUT2D eigenvalue weighted by molar-refractivity contribution is 7.10. The zero-order valence-corrected chi connectivity index (χ0v) is 20.5. The number of carbonyl (C=O) groups excluding carboxylic acids is 2. The summed E-state index contributed by atoms with van der Waals surface area (Å²) in [5, 5.41) is 13.7. The molecule has 0 saturated heterocycles. The number of hydrogen-bond acceptors (Lipinski definition) is 5. The van der Waals surface area contributed by atoms with Crippen molar-refractivity contribution in [1.29, 1.82) is 0 Å². The molecule has 2 N–H and O–H groups in total. The lowest BCUT2D eigenvalue weighted by atomic mass is 9.98. The molecule has 182 valence electrons. The van der Waals surface area contributed by atoms with Gasteiger partial charge in [0.2, 0.25) is 5.91 Å². The van der Waals surface area contributed by atoms with Gasteiger partial charge in [-0.1, -0.05) is 54.6 Å². The third kappa shape index (κ3) is 5.38. The summed E-state index contributed by atoms with van der Waals surface area (Å²) < 4.78 is 5.57. The van der Waals surface area contributed by atoms with Crippen molar-refractivity contribution in [1.82, 2.24) is 10.2 Å². The van der Waals surface area contributed by atoms with Gasteiger partial charge in [-0.2, -0.15) is 0 Å². The van der Waals surface area contributed by atoms with Crippen LogP contribution in [0.25, 0.3) is 11.1 Å². The minimum Gasteiger partial charge on any atom is -0.481 e. The number of amides is 2. The average Bonchev–Trinajstić information content (AvgIpc) is 3.51. The summed E-state index contributed by atoms with van der Waals surface area (Å²) in [6.45, 7) is 2.01. The Hall–Kier alpha value is -3.65. The van der Waals surface area contributed by atoms with Crippen LogP contribution in [-0.2, 0) is 14.3 Å². The minimum absolute atomic E-state index is 0.0279. The number of likely N-dealkylation sites (N-methyl/N-ethyl adjacent to an activating group) is 1. The molecule has 1 heterocycles. The largest absolute Gasteiger partial charge is 0.481 e. The second-order valence-corrected chi connectivity index (χ2v) is 9.57. The van der Waals surface area contributed by atoms with Crippen LogP contribution >= 0.6 is 11.3 Å². The molecule has 0 fully saturated rings. The van der Waals surface area contributed by atoms with E-state index in [0.29, 0.717) is 0 Å². The summed E-state index contributed by atoms with van der Waals surface area (Å²) in [4.78, 5) is 39.6. The highest BCUT2D eigenvalue weighted by atomic mass is 32.1. The summed E-state index contributed by atoms with van der Waals surface area (Å²) >= 11 is 1.53. The molecule has 2 unspecified atom stereocenters. The lowest BCUT2D eigenvalue weighted by Gasteiger charge is -2.28. The van der Waals surface area contributed by atoms with E-state index in [1.807, 2.05) is 60.8 Å². The number of benzene rings is 2. The third-order valence-electron chi connectivity index (χ3n) is 6.46. The zero-order chi connectivity index (χ0) is 24.9. The van der Waals surface area contributed by atoms with E-state index in [9.17, 15) is 14.4 Å². The van der Waals surface area contributed by atoms with Crippen molar-refractivity contribution in [2.45, 2.75) is 37.8 Å². The number of aliphatic carboxylic acids is 1. The van der Waals surface area contributed by atoms with E-state index in [1.165, 1.54) is 16.2 Å². The number of nitrogens with zero attached hydrogens (tertiary/aromatic N) is 1. The fraction of sp³-hybridized carbons (Fsp3) is 0.296. The Kier molecular flexibility index (Phi) is 7.51. The first-order chi connectivity index (χ1) is 16.9. The van der Waals surface area contributed by atoms with Gasteiger partial charge in [0.25, 0.3) is 0 Å². The number of nitrogens with one attached hydrogen (secondary N) is 1. The second kappa shape index (κ2) is 10.7. The molecule has 1 aliphatic rings. The molecule has 2 aromatic carbocycles. The van der Waals surface area contributed by atoms with Crippen LogP contribution < -0.4 is 5.32 Å². The Labute approximate surface area is 208 Å². The van der Waals surface area contributed by atoms with Crippen LogP contribution in [0.2, 0.25) is 0 Å². The van der Waals surface area contributed by atoms with Gasteiger partial charge in [-0.3, -0.25) is 9.59 Å². The SMILES string of the molecule is CC(c1cccs1)N(C)C(=O)C(CCC(=O)O)NC(=O)OCC1c2ccccc2-c2ccccc21. The van der Waals surface area contributed by atoms with E-state index in [4.69, 9.17) is 9.84 Å². The Morgan fingerprint density at radius 1 is 1.03 bits per heavy atom. The molecule has 0 radical (unpaired) electrons. The second-order valence-electron chi connectivity index (χ2n) is 8.60. The molecule has 2 atom stereocenters. The number of carboxylic acid groups (broad SMARTS) is 1. The molecule has 1 aliphatic carbocycles. The third-order valence-corrected chi connectivity index (χ3v) is 7.51. The summed E-state index contributed by atoms with van der Waals surface area (Å²) in [7, 11) is 1.65. The van der Waals surface area contributed by atoms with E-state index in [2.05, 4.69) is 17.4 Å². The molecule has 2 amide bonds. The van der Waals surface area contributed by atoms with Crippen LogP contribution in [0, 0.1) is 0 Å². The van der Waals surface area contributed by atoms with Gasteiger partial charge in [-0.25, -0.2) is 4.79 Å². The number of alkyl carbamates (subject to hydrolysis) is 1. The smallest absolute Gasteiger partial charge is 0.407 e. The van der Waals surface area contributed by atoms with Gasteiger partial charge < -0.3 is 20.1 Å². The number of rotatable bonds is 9. The predicted molar refractivity (Wildman–Crippen MR) is 134 cm³/mol. The first kappa shape index (κ1) is 24.5. The number of hydrogen-bond donors (Lipinski definition) is 2. The van der Waals surface area contributed by atoms with Crippen molar-refractivity contribution in [3.05, 3.63) is 82.0 Å². The summed E-state index contributed by atoms with van der Waals surface area (Å²) in [6.07, 6.45) is -1.02. The average molecular weight is 493 g/mol. The summed E-state index contributed by atoms with van der Waals surface area (Å²) in [5.41, 5.74) is 4.42.